The lowest BCUT2D eigenvalue weighted by molar-refractivity contribution is 1.11. The van der Waals surface area contributed by atoms with Crippen LogP contribution < -0.4 is 0 Å². The molecule has 0 fully saturated rings. The molecule has 0 N–H and O–H groups in total. The Kier molecular flexibility index (Phi) is 138000. The summed E-state index contributed by atoms with van der Waals surface area (Å²) in [6, 6.07) is 0. The molecule has 0 aliphatic heterocycles. The van der Waals surface area contributed by atoms with Gasteiger partial charge in [-0.2, -0.15) is 0 Å². The van der Waals surface area contributed by atoms with Gasteiger partial charge < -0.3 is 0 Å². The van der Waals surface area contributed by atoms with Gasteiger partial charge in [-0.25, -0.2) is 0 Å². The highest BCUT2D eigenvalue weighted by molar-refractivity contribution is 4.22. The van der Waals surface area contributed by atoms with E-state index >= 15 is 0 Å². The molecule has 0 aromatic heterocycles. The standard InChI is InChI=1S/C2H4.6FH/c1-2;;;;;;/h1-2H2;6*1H. The quantitative estimate of drug-likeness (QED) is 0.362. The molecular formula is C2H10F6. The molecule has 0 bridgehead atoms. The predicted molar refractivity (Wildman–Crippen MR) is 26.3 cm³/mol. The highest BCUT2D eigenvalue weighted by Crippen LogP contribution is 0.862. The molecule has 0 aliphatic carbocycles. The second-order valence-corrected chi connectivity index (χ2v) is 0. The van der Waals surface area contributed by atoms with Crippen molar-refractivity contribution < 1.29 is 28.2 Å². The minimum atomic E-state index is 0. The van der Waals surface area contributed by atoms with Gasteiger partial charge in [-0.1, -0.05) is 0 Å². The van der Waals surface area contributed by atoms with Crippen molar-refractivity contribution in [1.82, 2.24) is 0 Å². The van der Waals surface area contributed by atoms with Crippen LogP contribution in [0.1, 0.15) is 0 Å². The molecule has 0 radical (unpaired) electrons. The molecule has 0 rings (SSSR count). The van der Waals surface area contributed by atoms with Crippen molar-refractivity contribution in [3.8, 4) is 0 Å². The van der Waals surface area contributed by atoms with Gasteiger partial charge in [0, 0.05) is 0 Å². The molecule has 0 saturated heterocycles. The van der Waals surface area contributed by atoms with Gasteiger partial charge >= 0.3 is 0 Å². The van der Waals surface area contributed by atoms with E-state index in [1.165, 1.54) is 0 Å². The van der Waals surface area contributed by atoms with Gasteiger partial charge in [0.05, 0.1) is 0 Å². The Morgan fingerprint density at radius 2 is 0.375 bits per heavy atom. The minimum Gasteiger partial charge on any atom is -0.269 e. The summed E-state index contributed by atoms with van der Waals surface area (Å²) in [5.74, 6) is 0. The van der Waals surface area contributed by atoms with E-state index < -0.39 is 0 Å². The van der Waals surface area contributed by atoms with E-state index in [9.17, 15) is 0 Å². The maximum Gasteiger partial charge on any atom is -0.106 e. The zero-order chi connectivity index (χ0) is 2.00. The summed E-state index contributed by atoms with van der Waals surface area (Å²) < 4.78 is 0. The molecule has 0 spiro atoms. The van der Waals surface area contributed by atoms with Crippen LogP contribution in [0.25, 0.3) is 0 Å². The number of rotatable bonds is 0. The van der Waals surface area contributed by atoms with Crippen LogP contribution >= 0.6 is 0 Å². The largest absolute Gasteiger partial charge is 0.269 e. The second kappa shape index (κ2) is 387. The van der Waals surface area contributed by atoms with Crippen molar-refractivity contribution >= 4 is 0 Å². The smallest absolute Gasteiger partial charge is 0.106 e. The van der Waals surface area contributed by atoms with Crippen LogP contribution in [0, 0.1) is 0 Å². The lowest BCUT2D eigenvalue weighted by Gasteiger charge is -0.813. The summed E-state index contributed by atoms with van der Waals surface area (Å²) in [7, 11) is 0. The Balaban J connectivity index is -0.000000000333. The fourth-order valence-corrected chi connectivity index (χ4v) is 0. The molecule has 0 aromatic carbocycles. The molecule has 6 heteroatoms. The van der Waals surface area contributed by atoms with Crippen molar-refractivity contribution in [2.24, 2.45) is 0 Å². The third kappa shape index (κ3) is 215. The predicted octanol–water partition coefficient (Wildman–Crippen LogP) is 1.72. The van der Waals surface area contributed by atoms with Gasteiger partial charge in [-0.15, -0.1) is 13.2 Å². The fourth-order valence-electron chi connectivity index (χ4n) is 0. The summed E-state index contributed by atoms with van der Waals surface area (Å²) in [5, 5.41) is 0. The third-order valence-electron chi connectivity index (χ3n) is 0. The van der Waals surface area contributed by atoms with E-state index in [1.54, 1.807) is 0 Å². The second-order valence-electron chi connectivity index (χ2n) is 0. The van der Waals surface area contributed by atoms with E-state index in [4.69, 9.17) is 0 Å². The molecule has 0 aromatic rings. The number of halogens is 6. The number of hydrogen-bond donors (Lipinski definition) is 0. The maximum absolute atomic E-state index is 3.00. The molecule has 0 heterocycles. The summed E-state index contributed by atoms with van der Waals surface area (Å²) in [6.07, 6.45) is 0. The maximum atomic E-state index is 3.00. The lowest BCUT2D eigenvalue weighted by atomic mass is 11.3. The molecule has 8 heavy (non-hydrogen) atoms. The molecule has 0 saturated carbocycles. The van der Waals surface area contributed by atoms with Gasteiger partial charge in [0.1, 0.15) is 0 Å². The molecule has 0 unspecified atom stereocenters. The van der Waals surface area contributed by atoms with Gasteiger partial charge in [0.2, 0.25) is 0 Å². The Morgan fingerprint density at radius 1 is 0.375 bits per heavy atom. The van der Waals surface area contributed by atoms with Crippen molar-refractivity contribution in [3.05, 3.63) is 13.2 Å². The van der Waals surface area contributed by atoms with Gasteiger partial charge in [-0.3, -0.25) is 28.2 Å². The van der Waals surface area contributed by atoms with Gasteiger partial charge in [-0.05, 0) is 0 Å². The van der Waals surface area contributed by atoms with Crippen LogP contribution in [0.4, 0.5) is 28.2 Å². The van der Waals surface area contributed by atoms with Gasteiger partial charge in [0.15, 0.2) is 0 Å². The average Bonchev–Trinajstić information content (AvgIpc) is 1.00. The summed E-state index contributed by atoms with van der Waals surface area (Å²) in [6.45, 7) is 6.00. The highest BCUT2D eigenvalue weighted by atomic mass is 19.0. The topological polar surface area (TPSA) is 0 Å². The van der Waals surface area contributed by atoms with Crippen molar-refractivity contribution in [1.29, 1.82) is 0 Å². The molecule has 0 aliphatic rings. The zero-order valence-electron chi connectivity index (χ0n) is 3.86. The first-order valence-electron chi connectivity index (χ1n) is 0.500. The molecular weight excluding hydrogens is 138 g/mol. The summed E-state index contributed by atoms with van der Waals surface area (Å²) >= 11 is 0. The van der Waals surface area contributed by atoms with E-state index in [2.05, 4.69) is 13.2 Å². The van der Waals surface area contributed by atoms with Crippen molar-refractivity contribution in [2.45, 2.75) is 0 Å². The highest BCUT2D eigenvalue weighted by Gasteiger charge is 0.601. The molecule has 60 valence electrons. The van der Waals surface area contributed by atoms with E-state index in [-0.39, 0.29) is 28.2 Å². The van der Waals surface area contributed by atoms with Crippen LogP contribution in [0.5, 0.6) is 0 Å². The van der Waals surface area contributed by atoms with Crippen LogP contribution in [-0.4, -0.2) is 0 Å². The van der Waals surface area contributed by atoms with E-state index in [0.29, 0.717) is 0 Å². The Hall–Kier alpha value is -0.680. The third-order valence-corrected chi connectivity index (χ3v) is 0. The minimum absolute atomic E-state index is 0. The fraction of sp³-hybridized carbons (Fsp3) is 0. The van der Waals surface area contributed by atoms with E-state index in [0.717, 1.165) is 0 Å². The molecule has 0 amide bonds. The Morgan fingerprint density at radius 3 is 0.375 bits per heavy atom. The van der Waals surface area contributed by atoms with Crippen LogP contribution in [0.15, 0.2) is 13.2 Å². The first-order valence-corrected chi connectivity index (χ1v) is 0.500. The zero-order valence-corrected chi connectivity index (χ0v) is 3.86. The van der Waals surface area contributed by atoms with Crippen LogP contribution in [-0.2, 0) is 0 Å². The normalized spacial score (nSPS) is 0.500. The lowest BCUT2D eigenvalue weighted by Crippen LogP contribution is -0.552. The molecule has 0 nitrogen and oxygen atoms in total. The van der Waals surface area contributed by atoms with Crippen LogP contribution in [0.3, 0.4) is 0 Å². The first kappa shape index (κ1) is 2860. The summed E-state index contributed by atoms with van der Waals surface area (Å²) in [5.41, 5.74) is 0. The van der Waals surface area contributed by atoms with Crippen molar-refractivity contribution in [3.63, 3.8) is 0 Å². The van der Waals surface area contributed by atoms with Crippen LogP contribution in [0.2, 0.25) is 0 Å². The molecule has 0 atom stereocenters. The van der Waals surface area contributed by atoms with Crippen molar-refractivity contribution in [2.75, 3.05) is 0 Å². The number of hydrogen-bond acceptors (Lipinski definition) is 0. The monoisotopic (exact) mass is 148 g/mol. The average molecular weight is 148 g/mol. The van der Waals surface area contributed by atoms with E-state index in [1.807, 2.05) is 0 Å². The Labute approximate surface area is 42.8 Å². The summed E-state index contributed by atoms with van der Waals surface area (Å²) in [4.78, 5) is 0. The van der Waals surface area contributed by atoms with Gasteiger partial charge in [0.25, 0.3) is 0 Å². The SMILES string of the molecule is C=C.F.F.F.F.F.F. The Bertz CT molecular complexity index is 6.49. The first-order chi connectivity index (χ1) is 1.00.